The van der Waals surface area contributed by atoms with Crippen molar-refractivity contribution >= 4 is 5.91 Å². The summed E-state index contributed by atoms with van der Waals surface area (Å²) >= 11 is 0. The first kappa shape index (κ1) is 15.2. The van der Waals surface area contributed by atoms with E-state index in [0.717, 1.165) is 29.7 Å². The predicted octanol–water partition coefficient (Wildman–Crippen LogP) is 3.35. The van der Waals surface area contributed by atoms with E-state index in [1.54, 1.807) is 6.20 Å². The molecule has 0 radical (unpaired) electrons. The molecule has 110 valence electrons. The maximum atomic E-state index is 12.4. The second-order valence-corrected chi connectivity index (χ2v) is 5.43. The lowest BCUT2D eigenvalue weighted by molar-refractivity contribution is -0.122. The molecule has 1 heterocycles. The largest absolute Gasteiger partial charge is 0.369 e. The minimum absolute atomic E-state index is 0.298. The van der Waals surface area contributed by atoms with E-state index in [2.05, 4.69) is 11.9 Å². The topological polar surface area (TPSA) is 56.0 Å². The third-order valence-electron chi connectivity index (χ3n) is 3.98. The Labute approximate surface area is 126 Å². The number of rotatable bonds is 6. The van der Waals surface area contributed by atoms with Crippen LogP contribution in [-0.4, -0.2) is 10.9 Å². The fraction of sp³-hybridized carbons (Fsp3) is 0.333. The van der Waals surface area contributed by atoms with E-state index in [-0.39, 0.29) is 5.91 Å². The number of carbonyl (C=O) groups is 1. The number of pyridine rings is 1. The molecule has 0 fully saturated rings. The molecule has 21 heavy (non-hydrogen) atoms. The molecule has 3 heteroatoms. The van der Waals surface area contributed by atoms with Crippen LogP contribution in [0.5, 0.6) is 0 Å². The number of aromatic nitrogens is 1. The maximum Gasteiger partial charge on any atom is 0.232 e. The standard InChI is InChI=1S/C18H22N2O/c1-3-4-11-18(17(19)21,15-8-6-5-7-9-15)16-10-12-20-14(2)13-16/h5-10,12-13H,3-4,11H2,1-2H3,(H2,19,21). The zero-order valence-corrected chi connectivity index (χ0v) is 12.7. The molecule has 0 aliphatic heterocycles. The predicted molar refractivity (Wildman–Crippen MR) is 84.9 cm³/mol. The summed E-state index contributed by atoms with van der Waals surface area (Å²) in [6, 6.07) is 13.7. The van der Waals surface area contributed by atoms with Crippen LogP contribution in [0.3, 0.4) is 0 Å². The van der Waals surface area contributed by atoms with Crippen molar-refractivity contribution in [3.63, 3.8) is 0 Å². The van der Waals surface area contributed by atoms with Gasteiger partial charge in [0.1, 0.15) is 0 Å². The van der Waals surface area contributed by atoms with Gasteiger partial charge in [-0.2, -0.15) is 0 Å². The highest BCUT2D eigenvalue weighted by Gasteiger charge is 2.39. The minimum atomic E-state index is -0.773. The molecule has 1 amide bonds. The maximum absolute atomic E-state index is 12.4. The van der Waals surface area contributed by atoms with E-state index in [1.165, 1.54) is 0 Å². The number of hydrogen-bond acceptors (Lipinski definition) is 2. The van der Waals surface area contributed by atoms with Gasteiger partial charge in [-0.05, 0) is 36.6 Å². The Morgan fingerprint density at radius 2 is 1.90 bits per heavy atom. The number of benzene rings is 1. The van der Waals surface area contributed by atoms with E-state index < -0.39 is 5.41 Å². The highest BCUT2D eigenvalue weighted by molar-refractivity contribution is 5.90. The number of primary amides is 1. The Kier molecular flexibility index (Phi) is 4.73. The van der Waals surface area contributed by atoms with E-state index in [4.69, 9.17) is 5.73 Å². The number of carbonyl (C=O) groups excluding carboxylic acids is 1. The van der Waals surface area contributed by atoms with Crippen molar-refractivity contribution in [3.05, 3.63) is 65.5 Å². The molecule has 2 rings (SSSR count). The average molecular weight is 282 g/mol. The van der Waals surface area contributed by atoms with Crippen molar-refractivity contribution in [1.82, 2.24) is 4.98 Å². The van der Waals surface area contributed by atoms with Gasteiger partial charge in [0, 0.05) is 11.9 Å². The number of unbranched alkanes of at least 4 members (excludes halogenated alkanes) is 1. The molecule has 0 aliphatic rings. The van der Waals surface area contributed by atoms with Gasteiger partial charge in [-0.25, -0.2) is 0 Å². The second-order valence-electron chi connectivity index (χ2n) is 5.43. The number of aryl methyl sites for hydroxylation is 1. The molecule has 1 atom stereocenters. The molecule has 0 bridgehead atoms. The van der Waals surface area contributed by atoms with Gasteiger partial charge in [-0.1, -0.05) is 50.1 Å². The zero-order chi connectivity index (χ0) is 15.3. The fourth-order valence-electron chi connectivity index (χ4n) is 2.84. The van der Waals surface area contributed by atoms with Crippen LogP contribution in [-0.2, 0) is 10.2 Å². The lowest BCUT2D eigenvalue weighted by Gasteiger charge is -2.32. The molecule has 1 aromatic carbocycles. The lowest BCUT2D eigenvalue weighted by atomic mass is 9.70. The first-order valence-corrected chi connectivity index (χ1v) is 7.40. The smallest absolute Gasteiger partial charge is 0.232 e. The van der Waals surface area contributed by atoms with Crippen molar-refractivity contribution in [2.75, 3.05) is 0 Å². The van der Waals surface area contributed by atoms with E-state index in [1.807, 2.05) is 49.4 Å². The van der Waals surface area contributed by atoms with Gasteiger partial charge < -0.3 is 5.73 Å². The molecular formula is C18H22N2O. The number of nitrogens with two attached hydrogens (primary N) is 1. The summed E-state index contributed by atoms with van der Waals surface area (Å²) in [5.74, 6) is -0.298. The highest BCUT2D eigenvalue weighted by atomic mass is 16.1. The summed E-state index contributed by atoms with van der Waals surface area (Å²) in [6.07, 6.45) is 4.43. The molecule has 0 saturated heterocycles. The van der Waals surface area contributed by atoms with Gasteiger partial charge in [-0.3, -0.25) is 9.78 Å². The Balaban J connectivity index is 2.64. The van der Waals surface area contributed by atoms with E-state index in [9.17, 15) is 4.79 Å². The Bertz CT molecular complexity index is 610. The molecule has 3 nitrogen and oxygen atoms in total. The third kappa shape index (κ3) is 2.97. The van der Waals surface area contributed by atoms with E-state index >= 15 is 0 Å². The third-order valence-corrected chi connectivity index (χ3v) is 3.98. The van der Waals surface area contributed by atoms with Crippen LogP contribution in [0.4, 0.5) is 0 Å². The van der Waals surface area contributed by atoms with Gasteiger partial charge in [-0.15, -0.1) is 0 Å². The number of nitrogens with zero attached hydrogens (tertiary/aromatic N) is 1. The van der Waals surface area contributed by atoms with Crippen molar-refractivity contribution in [3.8, 4) is 0 Å². The zero-order valence-electron chi connectivity index (χ0n) is 12.7. The SMILES string of the molecule is CCCCC(C(N)=O)(c1ccccc1)c1ccnc(C)c1. The molecule has 2 N–H and O–H groups in total. The number of amides is 1. The molecule has 0 spiro atoms. The van der Waals surface area contributed by atoms with Crippen LogP contribution in [0.2, 0.25) is 0 Å². The quantitative estimate of drug-likeness (QED) is 0.883. The van der Waals surface area contributed by atoms with Crippen LogP contribution in [0.15, 0.2) is 48.7 Å². The Hall–Kier alpha value is -2.16. The monoisotopic (exact) mass is 282 g/mol. The Morgan fingerprint density at radius 3 is 2.48 bits per heavy atom. The number of hydrogen-bond donors (Lipinski definition) is 1. The molecule has 0 saturated carbocycles. The minimum Gasteiger partial charge on any atom is -0.369 e. The average Bonchev–Trinajstić information content (AvgIpc) is 2.49. The fourth-order valence-corrected chi connectivity index (χ4v) is 2.84. The van der Waals surface area contributed by atoms with Crippen molar-refractivity contribution in [1.29, 1.82) is 0 Å². The van der Waals surface area contributed by atoms with Crippen LogP contribution in [0.25, 0.3) is 0 Å². The first-order chi connectivity index (χ1) is 10.1. The molecule has 0 aliphatic carbocycles. The molecule has 1 unspecified atom stereocenters. The van der Waals surface area contributed by atoms with Gasteiger partial charge in [0.2, 0.25) is 5.91 Å². The molecular weight excluding hydrogens is 260 g/mol. The summed E-state index contributed by atoms with van der Waals surface area (Å²) < 4.78 is 0. The second kappa shape index (κ2) is 6.53. The van der Waals surface area contributed by atoms with Crippen molar-refractivity contribution < 1.29 is 4.79 Å². The normalized spacial score (nSPS) is 13.6. The van der Waals surface area contributed by atoms with Crippen LogP contribution in [0, 0.1) is 6.92 Å². The summed E-state index contributed by atoms with van der Waals surface area (Å²) in [5, 5.41) is 0. The van der Waals surface area contributed by atoms with Gasteiger partial charge in [0.15, 0.2) is 0 Å². The summed E-state index contributed by atoms with van der Waals surface area (Å²) in [6.45, 7) is 4.05. The summed E-state index contributed by atoms with van der Waals surface area (Å²) in [7, 11) is 0. The molecule has 2 aromatic rings. The van der Waals surface area contributed by atoms with Crippen LogP contribution >= 0.6 is 0 Å². The summed E-state index contributed by atoms with van der Waals surface area (Å²) in [4.78, 5) is 16.7. The first-order valence-electron chi connectivity index (χ1n) is 7.40. The highest BCUT2D eigenvalue weighted by Crippen LogP contribution is 2.37. The molecule has 1 aromatic heterocycles. The lowest BCUT2D eigenvalue weighted by Crippen LogP contribution is -2.42. The van der Waals surface area contributed by atoms with Gasteiger partial charge in [0.05, 0.1) is 5.41 Å². The van der Waals surface area contributed by atoms with Gasteiger partial charge >= 0.3 is 0 Å². The van der Waals surface area contributed by atoms with Crippen LogP contribution < -0.4 is 5.73 Å². The summed E-state index contributed by atoms with van der Waals surface area (Å²) in [5.41, 5.74) is 7.88. The Morgan fingerprint density at radius 1 is 1.19 bits per heavy atom. The van der Waals surface area contributed by atoms with Gasteiger partial charge in [0.25, 0.3) is 0 Å². The van der Waals surface area contributed by atoms with Crippen LogP contribution in [0.1, 0.15) is 43.0 Å². The van der Waals surface area contributed by atoms with Crippen molar-refractivity contribution in [2.24, 2.45) is 5.73 Å². The van der Waals surface area contributed by atoms with Crippen molar-refractivity contribution in [2.45, 2.75) is 38.5 Å². The van der Waals surface area contributed by atoms with E-state index in [0.29, 0.717) is 6.42 Å².